The Hall–Kier alpha value is 0.370. The van der Waals surface area contributed by atoms with Crippen LogP contribution in [-0.2, 0) is 4.79 Å². The Morgan fingerprint density at radius 1 is 1.45 bits per heavy atom. The van der Waals surface area contributed by atoms with E-state index in [1.54, 1.807) is 0 Å². The van der Waals surface area contributed by atoms with E-state index in [1.165, 1.54) is 17.9 Å². The molecule has 1 aliphatic heterocycles. The number of hydrogen-bond acceptors (Lipinski definition) is 3. The van der Waals surface area contributed by atoms with Crippen LogP contribution in [0.1, 0.15) is 26.2 Å². The molecule has 1 nitrogen and oxygen atoms in total. The molecule has 1 saturated heterocycles. The molecule has 0 bridgehead atoms. The van der Waals surface area contributed by atoms with Crippen molar-refractivity contribution >= 4 is 29.3 Å². The summed E-state index contributed by atoms with van der Waals surface area (Å²) in [5.41, 5.74) is 0. The van der Waals surface area contributed by atoms with E-state index in [0.29, 0.717) is 16.8 Å². The minimum atomic E-state index is 0.414. The van der Waals surface area contributed by atoms with Crippen molar-refractivity contribution in [1.29, 1.82) is 0 Å². The molecule has 0 atom stereocenters. The van der Waals surface area contributed by atoms with Crippen LogP contribution in [0.15, 0.2) is 0 Å². The van der Waals surface area contributed by atoms with Gasteiger partial charge in [-0.1, -0.05) is 6.92 Å². The van der Waals surface area contributed by atoms with Crippen molar-refractivity contribution in [2.24, 2.45) is 0 Å². The van der Waals surface area contributed by atoms with Crippen LogP contribution in [-0.4, -0.2) is 21.9 Å². The Labute approximate surface area is 76.7 Å². The summed E-state index contributed by atoms with van der Waals surface area (Å²) < 4.78 is 0.566. The minimum absolute atomic E-state index is 0.414. The minimum Gasteiger partial charge on any atom is -0.300 e. The highest BCUT2D eigenvalue weighted by Gasteiger charge is 2.16. The molecule has 1 rings (SSSR count). The Kier molecular flexibility index (Phi) is 4.38. The SMILES string of the molecule is CCC(=O)CC1SCCCS1. The van der Waals surface area contributed by atoms with E-state index < -0.39 is 0 Å². The molecule has 0 aliphatic carbocycles. The topological polar surface area (TPSA) is 17.1 Å². The summed E-state index contributed by atoms with van der Waals surface area (Å²) in [5, 5.41) is 0. The lowest BCUT2D eigenvalue weighted by atomic mass is 10.2. The number of carbonyl (C=O) groups excluding carboxylic acids is 1. The van der Waals surface area contributed by atoms with Gasteiger partial charge in [0.15, 0.2) is 0 Å². The van der Waals surface area contributed by atoms with Crippen LogP contribution in [0.3, 0.4) is 0 Å². The fourth-order valence-electron chi connectivity index (χ4n) is 0.985. The number of ketones is 1. The first kappa shape index (κ1) is 9.46. The van der Waals surface area contributed by atoms with E-state index in [0.717, 1.165) is 6.42 Å². The van der Waals surface area contributed by atoms with E-state index in [1.807, 2.05) is 30.4 Å². The van der Waals surface area contributed by atoms with Crippen LogP contribution < -0.4 is 0 Å². The highest BCUT2D eigenvalue weighted by Crippen LogP contribution is 2.32. The smallest absolute Gasteiger partial charge is 0.134 e. The van der Waals surface area contributed by atoms with Gasteiger partial charge in [-0.3, -0.25) is 4.79 Å². The third-order valence-corrected chi connectivity index (χ3v) is 4.63. The zero-order valence-corrected chi connectivity index (χ0v) is 8.47. The maximum absolute atomic E-state index is 11.1. The molecule has 0 aromatic heterocycles. The van der Waals surface area contributed by atoms with Gasteiger partial charge in [-0.15, -0.1) is 23.5 Å². The lowest BCUT2D eigenvalue weighted by Gasteiger charge is -2.19. The van der Waals surface area contributed by atoms with E-state index in [4.69, 9.17) is 0 Å². The highest BCUT2D eigenvalue weighted by molar-refractivity contribution is 8.17. The Bertz CT molecular complexity index is 130. The second-order valence-electron chi connectivity index (χ2n) is 2.62. The predicted molar refractivity (Wildman–Crippen MR) is 53.2 cm³/mol. The number of hydrogen-bond donors (Lipinski definition) is 0. The van der Waals surface area contributed by atoms with Gasteiger partial charge in [0.2, 0.25) is 0 Å². The van der Waals surface area contributed by atoms with Crippen molar-refractivity contribution in [3.05, 3.63) is 0 Å². The second kappa shape index (κ2) is 5.09. The van der Waals surface area contributed by atoms with Gasteiger partial charge in [-0.05, 0) is 17.9 Å². The summed E-state index contributed by atoms with van der Waals surface area (Å²) in [6.07, 6.45) is 2.80. The van der Waals surface area contributed by atoms with Crippen molar-refractivity contribution in [2.75, 3.05) is 11.5 Å². The molecule has 1 heterocycles. The zero-order chi connectivity index (χ0) is 8.10. The molecular formula is C8H14OS2. The molecule has 0 N–H and O–H groups in total. The summed E-state index contributed by atoms with van der Waals surface area (Å²) in [7, 11) is 0. The third-order valence-electron chi connectivity index (χ3n) is 1.68. The fourth-order valence-corrected chi connectivity index (χ4v) is 3.88. The monoisotopic (exact) mass is 190 g/mol. The standard InChI is InChI=1S/C8H14OS2/c1-2-7(9)6-8-10-4-3-5-11-8/h8H,2-6H2,1H3. The maximum atomic E-state index is 11.1. The van der Waals surface area contributed by atoms with Crippen molar-refractivity contribution in [3.8, 4) is 0 Å². The first-order valence-electron chi connectivity index (χ1n) is 4.08. The zero-order valence-electron chi connectivity index (χ0n) is 6.84. The van der Waals surface area contributed by atoms with Crippen LogP contribution in [0.5, 0.6) is 0 Å². The molecule has 0 unspecified atom stereocenters. The summed E-state index contributed by atoms with van der Waals surface area (Å²) >= 11 is 3.90. The molecule has 0 aromatic rings. The van der Waals surface area contributed by atoms with Crippen LogP contribution in [0, 0.1) is 0 Å². The number of carbonyl (C=O) groups is 1. The molecule has 11 heavy (non-hydrogen) atoms. The van der Waals surface area contributed by atoms with E-state index >= 15 is 0 Å². The summed E-state index contributed by atoms with van der Waals surface area (Å²) in [4.78, 5) is 11.1. The van der Waals surface area contributed by atoms with Crippen LogP contribution >= 0.6 is 23.5 Å². The summed E-state index contributed by atoms with van der Waals surface area (Å²) in [6.45, 7) is 1.94. The highest BCUT2D eigenvalue weighted by atomic mass is 32.2. The van der Waals surface area contributed by atoms with Crippen molar-refractivity contribution < 1.29 is 4.79 Å². The normalized spacial score (nSPS) is 20.1. The van der Waals surface area contributed by atoms with E-state index in [9.17, 15) is 4.79 Å². The van der Waals surface area contributed by atoms with Crippen molar-refractivity contribution in [3.63, 3.8) is 0 Å². The quantitative estimate of drug-likeness (QED) is 0.681. The van der Waals surface area contributed by atoms with Gasteiger partial charge in [0.1, 0.15) is 5.78 Å². The molecule has 1 aliphatic rings. The largest absolute Gasteiger partial charge is 0.300 e. The average Bonchev–Trinajstić information content (AvgIpc) is 2.06. The molecule has 0 saturated carbocycles. The number of thioether (sulfide) groups is 2. The van der Waals surface area contributed by atoms with Crippen molar-refractivity contribution in [2.45, 2.75) is 30.8 Å². The first-order chi connectivity index (χ1) is 5.33. The predicted octanol–water partition coefficient (Wildman–Crippen LogP) is 2.55. The molecule has 0 aromatic carbocycles. The third kappa shape index (κ3) is 3.52. The van der Waals surface area contributed by atoms with Gasteiger partial charge in [0, 0.05) is 12.8 Å². The average molecular weight is 190 g/mol. The van der Waals surface area contributed by atoms with Crippen LogP contribution in [0.25, 0.3) is 0 Å². The van der Waals surface area contributed by atoms with Crippen molar-refractivity contribution in [1.82, 2.24) is 0 Å². The fraction of sp³-hybridized carbons (Fsp3) is 0.875. The Balaban J connectivity index is 2.19. The van der Waals surface area contributed by atoms with Gasteiger partial charge in [-0.2, -0.15) is 0 Å². The maximum Gasteiger partial charge on any atom is 0.134 e. The first-order valence-corrected chi connectivity index (χ1v) is 6.17. The summed E-state index contributed by atoms with van der Waals surface area (Å²) in [5.74, 6) is 2.90. The van der Waals surface area contributed by atoms with Crippen LogP contribution in [0.2, 0.25) is 0 Å². The van der Waals surface area contributed by atoms with Gasteiger partial charge in [0.25, 0.3) is 0 Å². The Morgan fingerprint density at radius 2 is 2.09 bits per heavy atom. The molecule has 0 amide bonds. The molecule has 0 radical (unpaired) electrons. The lowest BCUT2D eigenvalue weighted by Crippen LogP contribution is -2.11. The van der Waals surface area contributed by atoms with Crippen LogP contribution in [0.4, 0.5) is 0 Å². The van der Waals surface area contributed by atoms with Gasteiger partial charge >= 0.3 is 0 Å². The second-order valence-corrected chi connectivity index (χ2v) is 5.54. The van der Waals surface area contributed by atoms with Gasteiger partial charge in [0.05, 0.1) is 4.58 Å². The Morgan fingerprint density at radius 3 is 2.64 bits per heavy atom. The molecule has 64 valence electrons. The summed E-state index contributed by atoms with van der Waals surface area (Å²) in [6, 6.07) is 0. The number of Topliss-reactive ketones (excluding diaryl/α,β-unsaturated/α-hetero) is 1. The molecular weight excluding hydrogens is 176 g/mol. The number of rotatable bonds is 3. The van der Waals surface area contributed by atoms with E-state index in [-0.39, 0.29) is 0 Å². The lowest BCUT2D eigenvalue weighted by molar-refractivity contribution is -0.118. The molecule has 0 spiro atoms. The van der Waals surface area contributed by atoms with Gasteiger partial charge < -0.3 is 0 Å². The van der Waals surface area contributed by atoms with Gasteiger partial charge in [-0.25, -0.2) is 0 Å². The van der Waals surface area contributed by atoms with E-state index in [2.05, 4.69) is 0 Å². The molecule has 1 fully saturated rings. The molecule has 3 heteroatoms.